The van der Waals surface area contributed by atoms with Crippen molar-refractivity contribution >= 4 is 29.4 Å². The first-order valence-corrected chi connectivity index (χ1v) is 7.40. The van der Waals surface area contributed by atoms with Crippen LogP contribution in [0.2, 0.25) is 5.02 Å². The predicted molar refractivity (Wildman–Crippen MR) is 76.5 cm³/mol. The smallest absolute Gasteiger partial charge is 0.263 e. The summed E-state index contributed by atoms with van der Waals surface area (Å²) in [7, 11) is 0. The van der Waals surface area contributed by atoms with Crippen molar-refractivity contribution in [2.75, 3.05) is 0 Å². The van der Waals surface area contributed by atoms with E-state index in [-0.39, 0.29) is 12.6 Å². The van der Waals surface area contributed by atoms with Crippen molar-refractivity contribution < 1.29 is 14.4 Å². The van der Waals surface area contributed by atoms with Gasteiger partial charge in [-0.2, -0.15) is 0 Å². The Bertz CT molecular complexity index is 611. The summed E-state index contributed by atoms with van der Waals surface area (Å²) in [6.45, 7) is 0.0340. The molecule has 2 fully saturated rings. The quantitative estimate of drug-likeness (QED) is 0.637. The highest BCUT2D eigenvalue weighted by atomic mass is 35.5. The number of imide groups is 2. The summed E-state index contributed by atoms with van der Waals surface area (Å²) >= 11 is 6.05. The molecular formula is C15H15ClN2O3. The van der Waals surface area contributed by atoms with Gasteiger partial charge in [-0.3, -0.25) is 19.4 Å². The summed E-state index contributed by atoms with van der Waals surface area (Å²) in [5.41, 5.74) is 0.655. The summed E-state index contributed by atoms with van der Waals surface area (Å²) in [5, 5.41) is 0.477. The molecule has 2 aliphatic rings. The maximum Gasteiger partial charge on any atom is 0.334 e. The second-order valence-corrected chi connectivity index (χ2v) is 5.79. The van der Waals surface area contributed by atoms with E-state index >= 15 is 0 Å². The van der Waals surface area contributed by atoms with Crippen LogP contribution in [-0.2, 0) is 16.1 Å². The summed E-state index contributed by atoms with van der Waals surface area (Å²) in [6, 6.07) is 6.34. The highest BCUT2D eigenvalue weighted by Gasteiger charge is 2.48. The molecule has 0 aromatic heterocycles. The second-order valence-electron chi connectivity index (χ2n) is 5.38. The van der Waals surface area contributed by atoms with Crippen LogP contribution >= 0.6 is 11.6 Å². The molecular weight excluding hydrogens is 292 g/mol. The number of rotatable bonds is 3. The first kappa shape index (κ1) is 14.1. The number of amides is 4. The molecule has 1 saturated carbocycles. The normalized spacial score (nSPS) is 20.0. The highest BCUT2D eigenvalue weighted by Crippen LogP contribution is 2.29. The van der Waals surface area contributed by atoms with Gasteiger partial charge in [0.2, 0.25) is 0 Å². The van der Waals surface area contributed by atoms with Crippen molar-refractivity contribution in [1.82, 2.24) is 9.80 Å². The molecule has 1 aliphatic carbocycles. The first-order chi connectivity index (χ1) is 10.1. The molecule has 110 valence electrons. The van der Waals surface area contributed by atoms with Crippen molar-refractivity contribution in [3.05, 3.63) is 34.9 Å². The summed E-state index contributed by atoms with van der Waals surface area (Å²) in [4.78, 5) is 38.7. The van der Waals surface area contributed by atoms with E-state index in [0.717, 1.165) is 35.5 Å². The van der Waals surface area contributed by atoms with E-state index in [1.165, 1.54) is 0 Å². The minimum absolute atomic E-state index is 0.0340. The fourth-order valence-electron chi connectivity index (χ4n) is 2.94. The number of urea groups is 1. The van der Waals surface area contributed by atoms with Crippen LogP contribution in [0, 0.1) is 0 Å². The Hall–Kier alpha value is -1.88. The SMILES string of the molecule is O=C1C(=O)N(C2CCCC2)C(=O)N1Cc1ccccc1Cl. The Labute approximate surface area is 127 Å². The number of hydrogen-bond donors (Lipinski definition) is 0. The molecule has 0 atom stereocenters. The zero-order valence-electron chi connectivity index (χ0n) is 11.4. The van der Waals surface area contributed by atoms with Gasteiger partial charge in [-0.15, -0.1) is 0 Å². The maximum atomic E-state index is 12.4. The molecule has 1 aromatic rings. The van der Waals surface area contributed by atoms with Gasteiger partial charge >= 0.3 is 17.8 Å². The molecule has 6 heteroatoms. The summed E-state index contributed by atoms with van der Waals surface area (Å²) in [5.74, 6) is -1.47. The van der Waals surface area contributed by atoms with Gasteiger partial charge < -0.3 is 0 Å². The Morgan fingerprint density at radius 1 is 1.05 bits per heavy atom. The summed E-state index contributed by atoms with van der Waals surface area (Å²) < 4.78 is 0. The average molecular weight is 307 g/mol. The van der Waals surface area contributed by atoms with Gasteiger partial charge in [0.05, 0.1) is 6.54 Å². The van der Waals surface area contributed by atoms with E-state index in [4.69, 9.17) is 11.6 Å². The van der Waals surface area contributed by atoms with Crippen molar-refractivity contribution in [3.63, 3.8) is 0 Å². The Kier molecular flexibility index (Phi) is 3.68. The van der Waals surface area contributed by atoms with E-state index < -0.39 is 17.8 Å². The maximum absolute atomic E-state index is 12.4. The van der Waals surface area contributed by atoms with Crippen LogP contribution in [0.3, 0.4) is 0 Å². The van der Waals surface area contributed by atoms with Crippen LogP contribution in [0.4, 0.5) is 4.79 Å². The third-order valence-corrected chi connectivity index (χ3v) is 4.43. The standard InChI is InChI=1S/C15H15ClN2O3/c16-12-8-4-1-5-10(12)9-17-13(19)14(20)18(15(17)21)11-6-2-3-7-11/h1,4-5,8,11H,2-3,6-7,9H2. The Morgan fingerprint density at radius 2 is 1.71 bits per heavy atom. The van der Waals surface area contributed by atoms with Gasteiger partial charge in [-0.05, 0) is 24.5 Å². The number of hydrogen-bond acceptors (Lipinski definition) is 3. The first-order valence-electron chi connectivity index (χ1n) is 7.02. The van der Waals surface area contributed by atoms with Gasteiger partial charge in [-0.1, -0.05) is 42.6 Å². The van der Waals surface area contributed by atoms with E-state index in [9.17, 15) is 14.4 Å². The van der Waals surface area contributed by atoms with Crippen LogP contribution in [-0.4, -0.2) is 33.7 Å². The van der Waals surface area contributed by atoms with Gasteiger partial charge in [-0.25, -0.2) is 4.79 Å². The number of halogens is 1. The minimum atomic E-state index is -0.758. The van der Waals surface area contributed by atoms with E-state index in [0.29, 0.717) is 10.6 Å². The van der Waals surface area contributed by atoms with Crippen molar-refractivity contribution in [2.45, 2.75) is 38.3 Å². The Morgan fingerprint density at radius 3 is 2.38 bits per heavy atom. The Balaban J connectivity index is 1.83. The largest absolute Gasteiger partial charge is 0.334 e. The van der Waals surface area contributed by atoms with Crippen LogP contribution in [0.5, 0.6) is 0 Å². The number of nitrogens with zero attached hydrogens (tertiary/aromatic N) is 2. The number of carbonyl (C=O) groups excluding carboxylic acids is 3. The highest BCUT2D eigenvalue weighted by molar-refractivity contribution is 6.44. The van der Waals surface area contributed by atoms with E-state index in [1.807, 2.05) is 0 Å². The molecule has 5 nitrogen and oxygen atoms in total. The number of carbonyl (C=O) groups is 3. The van der Waals surface area contributed by atoms with Crippen LogP contribution < -0.4 is 0 Å². The number of benzene rings is 1. The monoisotopic (exact) mass is 306 g/mol. The zero-order valence-corrected chi connectivity index (χ0v) is 12.2. The second kappa shape index (κ2) is 5.48. The van der Waals surface area contributed by atoms with Crippen LogP contribution in [0.25, 0.3) is 0 Å². The van der Waals surface area contributed by atoms with Crippen molar-refractivity contribution in [3.8, 4) is 0 Å². The van der Waals surface area contributed by atoms with Crippen LogP contribution in [0.1, 0.15) is 31.2 Å². The molecule has 1 aliphatic heterocycles. The predicted octanol–water partition coefficient (Wildman–Crippen LogP) is 2.57. The lowest BCUT2D eigenvalue weighted by Gasteiger charge is -2.21. The van der Waals surface area contributed by atoms with Gasteiger partial charge in [0.15, 0.2) is 0 Å². The lowest BCUT2D eigenvalue weighted by Crippen LogP contribution is -2.39. The summed E-state index contributed by atoms with van der Waals surface area (Å²) in [6.07, 6.45) is 3.54. The molecule has 0 N–H and O–H groups in total. The third kappa shape index (κ3) is 2.42. The molecule has 0 radical (unpaired) electrons. The molecule has 1 saturated heterocycles. The molecule has 4 amide bonds. The molecule has 21 heavy (non-hydrogen) atoms. The van der Waals surface area contributed by atoms with Crippen molar-refractivity contribution in [2.24, 2.45) is 0 Å². The van der Waals surface area contributed by atoms with E-state index in [2.05, 4.69) is 0 Å². The minimum Gasteiger partial charge on any atom is -0.263 e. The topological polar surface area (TPSA) is 57.7 Å². The van der Waals surface area contributed by atoms with E-state index in [1.54, 1.807) is 24.3 Å². The average Bonchev–Trinajstić information content (AvgIpc) is 3.05. The lowest BCUT2D eigenvalue weighted by atomic mass is 10.2. The fourth-order valence-corrected chi connectivity index (χ4v) is 3.14. The molecule has 0 spiro atoms. The third-order valence-electron chi connectivity index (χ3n) is 4.06. The van der Waals surface area contributed by atoms with Crippen molar-refractivity contribution in [1.29, 1.82) is 0 Å². The lowest BCUT2D eigenvalue weighted by molar-refractivity contribution is -0.144. The molecule has 1 heterocycles. The molecule has 0 unspecified atom stereocenters. The fraction of sp³-hybridized carbons (Fsp3) is 0.400. The molecule has 1 aromatic carbocycles. The zero-order chi connectivity index (χ0) is 15.0. The molecule has 0 bridgehead atoms. The van der Waals surface area contributed by atoms with Crippen LogP contribution in [0.15, 0.2) is 24.3 Å². The van der Waals surface area contributed by atoms with Gasteiger partial charge in [0.25, 0.3) is 0 Å². The van der Waals surface area contributed by atoms with Gasteiger partial charge in [0, 0.05) is 11.1 Å². The molecule has 3 rings (SSSR count). The van der Waals surface area contributed by atoms with Gasteiger partial charge in [0.1, 0.15) is 0 Å².